The van der Waals surface area contributed by atoms with Gasteiger partial charge in [0.2, 0.25) is 5.89 Å². The van der Waals surface area contributed by atoms with E-state index in [2.05, 4.69) is 10.3 Å². The van der Waals surface area contributed by atoms with Crippen LogP contribution >= 0.6 is 0 Å². The first kappa shape index (κ1) is 17.7. The Labute approximate surface area is 160 Å². The van der Waals surface area contributed by atoms with E-state index in [-0.39, 0.29) is 11.7 Å². The first-order chi connectivity index (χ1) is 13.6. The number of hydrogen-bond acceptors (Lipinski definition) is 4. The van der Waals surface area contributed by atoms with Crippen molar-refractivity contribution in [3.63, 3.8) is 0 Å². The molecule has 6 heteroatoms. The zero-order valence-electron chi connectivity index (χ0n) is 15.1. The zero-order chi connectivity index (χ0) is 19.5. The van der Waals surface area contributed by atoms with E-state index in [4.69, 9.17) is 9.15 Å². The van der Waals surface area contributed by atoms with Crippen LogP contribution in [0.15, 0.2) is 71.1 Å². The van der Waals surface area contributed by atoms with Crippen molar-refractivity contribution in [2.45, 2.75) is 6.92 Å². The second-order valence-electron chi connectivity index (χ2n) is 6.12. The molecule has 0 fully saturated rings. The van der Waals surface area contributed by atoms with E-state index in [1.165, 1.54) is 12.1 Å². The van der Waals surface area contributed by atoms with Gasteiger partial charge in [0.15, 0.2) is 5.58 Å². The van der Waals surface area contributed by atoms with Crippen LogP contribution in [0.3, 0.4) is 0 Å². The summed E-state index contributed by atoms with van der Waals surface area (Å²) in [4.78, 5) is 16.8. The number of aromatic nitrogens is 1. The highest BCUT2D eigenvalue weighted by Gasteiger charge is 2.11. The summed E-state index contributed by atoms with van der Waals surface area (Å²) in [5.74, 6) is 0.441. The summed E-state index contributed by atoms with van der Waals surface area (Å²) in [6.45, 7) is 2.47. The second-order valence-corrected chi connectivity index (χ2v) is 6.12. The Morgan fingerprint density at radius 2 is 1.93 bits per heavy atom. The number of carbonyl (C=O) groups excluding carboxylic acids is 1. The third-order valence-corrected chi connectivity index (χ3v) is 4.14. The van der Waals surface area contributed by atoms with E-state index in [9.17, 15) is 9.18 Å². The molecule has 4 rings (SSSR count). The van der Waals surface area contributed by atoms with E-state index in [0.29, 0.717) is 46.2 Å². The molecule has 4 aromatic rings. The first-order valence-electron chi connectivity index (χ1n) is 8.83. The molecular weight excluding hydrogens is 359 g/mol. The number of carbonyl (C=O) groups is 1. The predicted molar refractivity (Wildman–Crippen MR) is 105 cm³/mol. The number of amides is 1. The summed E-state index contributed by atoms with van der Waals surface area (Å²) in [6, 6.07) is 18.1. The molecule has 0 aliphatic carbocycles. The first-order valence-corrected chi connectivity index (χ1v) is 8.83. The molecule has 140 valence electrons. The lowest BCUT2D eigenvalue weighted by Gasteiger charge is -2.06. The molecule has 1 N–H and O–H groups in total. The monoisotopic (exact) mass is 376 g/mol. The van der Waals surface area contributed by atoms with Crippen LogP contribution in [0.2, 0.25) is 0 Å². The van der Waals surface area contributed by atoms with E-state index in [0.717, 1.165) is 0 Å². The lowest BCUT2D eigenvalue weighted by atomic mass is 10.2. The van der Waals surface area contributed by atoms with Crippen LogP contribution < -0.4 is 10.1 Å². The van der Waals surface area contributed by atoms with Crippen LogP contribution in [0.5, 0.6) is 5.75 Å². The van der Waals surface area contributed by atoms with Crippen LogP contribution in [0.25, 0.3) is 22.6 Å². The summed E-state index contributed by atoms with van der Waals surface area (Å²) in [5, 5.41) is 2.84. The smallest absolute Gasteiger partial charge is 0.255 e. The minimum absolute atomic E-state index is 0.240. The number of anilines is 1. The Morgan fingerprint density at radius 3 is 2.68 bits per heavy atom. The van der Waals surface area contributed by atoms with Crippen molar-refractivity contribution in [2.75, 3.05) is 11.9 Å². The fraction of sp³-hybridized carbons (Fsp3) is 0.0909. The summed E-state index contributed by atoms with van der Waals surface area (Å²) in [5.41, 5.74) is 2.79. The average molecular weight is 376 g/mol. The molecule has 5 nitrogen and oxygen atoms in total. The largest absolute Gasteiger partial charge is 0.494 e. The van der Waals surface area contributed by atoms with Gasteiger partial charge in [-0.1, -0.05) is 6.07 Å². The number of oxazole rings is 1. The van der Waals surface area contributed by atoms with Crippen LogP contribution in [0.1, 0.15) is 17.3 Å². The molecule has 0 atom stereocenters. The van der Waals surface area contributed by atoms with Gasteiger partial charge < -0.3 is 14.5 Å². The fourth-order valence-corrected chi connectivity index (χ4v) is 2.82. The third kappa shape index (κ3) is 3.71. The van der Waals surface area contributed by atoms with Crippen LogP contribution in [0, 0.1) is 5.82 Å². The van der Waals surface area contributed by atoms with Crippen LogP contribution in [-0.2, 0) is 0 Å². The molecule has 0 unspecified atom stereocenters. The standard InChI is InChI=1S/C22H17FN2O3/c1-2-27-18-9-6-14(7-10-18)21(26)24-17-8-11-20-19(13-17)25-22(28-20)15-4-3-5-16(23)12-15/h3-13H,2H2,1H3,(H,24,26). The van der Waals surface area contributed by atoms with Crippen molar-refractivity contribution in [1.82, 2.24) is 4.98 Å². The van der Waals surface area contributed by atoms with Gasteiger partial charge >= 0.3 is 0 Å². The van der Waals surface area contributed by atoms with Gasteiger partial charge in [0.25, 0.3) is 5.91 Å². The molecule has 0 spiro atoms. The Kier molecular flexibility index (Phi) is 4.76. The van der Waals surface area contributed by atoms with E-state index < -0.39 is 0 Å². The minimum atomic E-state index is -0.358. The molecule has 0 aliphatic heterocycles. The minimum Gasteiger partial charge on any atom is -0.494 e. The van der Waals surface area contributed by atoms with Gasteiger partial charge in [-0.2, -0.15) is 0 Å². The number of nitrogens with one attached hydrogen (secondary N) is 1. The van der Waals surface area contributed by atoms with Crippen LogP contribution in [0.4, 0.5) is 10.1 Å². The maximum Gasteiger partial charge on any atom is 0.255 e. The van der Waals surface area contributed by atoms with Crippen LogP contribution in [-0.4, -0.2) is 17.5 Å². The highest BCUT2D eigenvalue weighted by molar-refractivity contribution is 6.05. The maximum absolute atomic E-state index is 13.4. The normalized spacial score (nSPS) is 10.8. The van der Waals surface area contributed by atoms with Gasteiger partial charge in [0.05, 0.1) is 6.61 Å². The number of nitrogens with zero attached hydrogens (tertiary/aromatic N) is 1. The molecule has 0 bridgehead atoms. The van der Waals surface area contributed by atoms with E-state index >= 15 is 0 Å². The maximum atomic E-state index is 13.4. The van der Waals surface area contributed by atoms with Crippen molar-refractivity contribution in [3.05, 3.63) is 78.1 Å². The molecule has 1 amide bonds. The van der Waals surface area contributed by atoms with Crippen molar-refractivity contribution in [3.8, 4) is 17.2 Å². The van der Waals surface area contributed by atoms with Gasteiger partial charge in [0, 0.05) is 16.8 Å². The van der Waals surface area contributed by atoms with E-state index in [1.54, 1.807) is 54.6 Å². The van der Waals surface area contributed by atoms with E-state index in [1.807, 2.05) is 6.92 Å². The van der Waals surface area contributed by atoms with Crippen molar-refractivity contribution in [2.24, 2.45) is 0 Å². The summed E-state index contributed by atoms with van der Waals surface area (Å²) in [7, 11) is 0. The highest BCUT2D eigenvalue weighted by Crippen LogP contribution is 2.27. The molecule has 1 aromatic heterocycles. The molecule has 3 aromatic carbocycles. The summed E-state index contributed by atoms with van der Waals surface area (Å²) < 4.78 is 24.5. The Balaban J connectivity index is 1.55. The van der Waals surface area contributed by atoms with Crippen molar-refractivity contribution in [1.29, 1.82) is 0 Å². The topological polar surface area (TPSA) is 64.4 Å². The van der Waals surface area contributed by atoms with Gasteiger partial charge in [-0.3, -0.25) is 4.79 Å². The summed E-state index contributed by atoms with van der Waals surface area (Å²) >= 11 is 0. The highest BCUT2D eigenvalue weighted by atomic mass is 19.1. The fourth-order valence-electron chi connectivity index (χ4n) is 2.82. The quantitative estimate of drug-likeness (QED) is 0.514. The lowest BCUT2D eigenvalue weighted by Crippen LogP contribution is -2.11. The molecular formula is C22H17FN2O3. The third-order valence-electron chi connectivity index (χ3n) is 4.14. The number of halogens is 1. The molecule has 0 radical (unpaired) electrons. The number of ether oxygens (including phenoxy) is 1. The summed E-state index contributed by atoms with van der Waals surface area (Å²) in [6.07, 6.45) is 0. The molecule has 0 saturated carbocycles. The van der Waals surface area contributed by atoms with Crippen molar-refractivity contribution >= 4 is 22.7 Å². The van der Waals surface area contributed by atoms with Gasteiger partial charge in [-0.25, -0.2) is 9.37 Å². The van der Waals surface area contributed by atoms with Gasteiger partial charge in [-0.05, 0) is 67.6 Å². The zero-order valence-corrected chi connectivity index (χ0v) is 15.1. The SMILES string of the molecule is CCOc1ccc(C(=O)Nc2ccc3oc(-c4cccc(F)c4)nc3c2)cc1. The van der Waals surface area contributed by atoms with Gasteiger partial charge in [0.1, 0.15) is 17.1 Å². The number of rotatable bonds is 5. The number of fused-ring (bicyclic) bond motifs is 1. The Morgan fingerprint density at radius 1 is 1.11 bits per heavy atom. The predicted octanol–water partition coefficient (Wildman–Crippen LogP) is 5.28. The van der Waals surface area contributed by atoms with Gasteiger partial charge in [-0.15, -0.1) is 0 Å². The number of benzene rings is 3. The lowest BCUT2D eigenvalue weighted by molar-refractivity contribution is 0.102. The molecule has 0 saturated heterocycles. The average Bonchev–Trinajstić information content (AvgIpc) is 3.12. The molecule has 28 heavy (non-hydrogen) atoms. The molecule has 1 heterocycles. The Hall–Kier alpha value is -3.67. The Bertz CT molecular complexity index is 1140. The second kappa shape index (κ2) is 7.52. The molecule has 0 aliphatic rings. The number of hydrogen-bond donors (Lipinski definition) is 1. The van der Waals surface area contributed by atoms with Crippen molar-refractivity contribution < 1.29 is 18.3 Å².